The van der Waals surface area contributed by atoms with E-state index in [-0.39, 0.29) is 0 Å². The number of halogens is 1. The lowest BCUT2D eigenvalue weighted by Crippen LogP contribution is -2.32. The van der Waals surface area contributed by atoms with Crippen molar-refractivity contribution in [2.75, 3.05) is 26.2 Å². The average Bonchev–Trinajstić information content (AvgIpc) is 2.69. The summed E-state index contributed by atoms with van der Waals surface area (Å²) in [5.74, 6) is 5.47. The first-order chi connectivity index (χ1) is 6.74. The highest BCUT2D eigenvalue weighted by atomic mass is 127. The van der Waals surface area contributed by atoms with Gasteiger partial charge >= 0.3 is 0 Å². The van der Waals surface area contributed by atoms with Crippen LogP contribution in [0.25, 0.3) is 0 Å². The summed E-state index contributed by atoms with van der Waals surface area (Å²) in [6.07, 6.45) is 3.81. The van der Waals surface area contributed by atoms with Crippen LogP contribution >= 0.6 is 22.9 Å². The fourth-order valence-electron chi connectivity index (χ4n) is 1.62. The van der Waals surface area contributed by atoms with E-state index in [1.807, 2.05) is 3.11 Å². The third kappa shape index (κ3) is 3.87. The molecule has 1 rings (SSSR count). The van der Waals surface area contributed by atoms with Gasteiger partial charge in [0.25, 0.3) is 0 Å². The zero-order valence-corrected chi connectivity index (χ0v) is 10.5. The van der Waals surface area contributed by atoms with E-state index in [2.05, 4.69) is 32.9 Å². The highest BCUT2D eigenvalue weighted by molar-refractivity contribution is 14.1. The molecule has 0 bridgehead atoms. The number of nitrogens with zero attached hydrogens (tertiary/aromatic N) is 3. The van der Waals surface area contributed by atoms with Crippen LogP contribution in [0.1, 0.15) is 19.3 Å². The Kier molecular flexibility index (Phi) is 5.31. The maximum Gasteiger partial charge on any atom is 0.222 e. The summed E-state index contributed by atoms with van der Waals surface area (Å²) in [6.45, 7) is 4.56. The van der Waals surface area contributed by atoms with E-state index < -0.39 is 0 Å². The van der Waals surface area contributed by atoms with Gasteiger partial charge in [0.05, 0.1) is 22.9 Å². The summed E-state index contributed by atoms with van der Waals surface area (Å²) in [5, 5.41) is 3.44. The molecule has 14 heavy (non-hydrogen) atoms. The van der Waals surface area contributed by atoms with Gasteiger partial charge in [-0.05, 0) is 38.9 Å². The van der Waals surface area contributed by atoms with Crippen molar-refractivity contribution in [3.8, 4) is 0 Å². The molecule has 0 aromatic heterocycles. The van der Waals surface area contributed by atoms with Crippen LogP contribution in [-0.4, -0.2) is 40.2 Å². The largest absolute Gasteiger partial charge is 0.368 e. The third-order valence-corrected chi connectivity index (χ3v) is 3.39. The second-order valence-electron chi connectivity index (χ2n) is 3.48. The van der Waals surface area contributed by atoms with Crippen molar-refractivity contribution in [3.05, 3.63) is 0 Å². The summed E-state index contributed by atoms with van der Waals surface area (Å²) in [5.41, 5.74) is 5.54. The van der Waals surface area contributed by atoms with Crippen LogP contribution < -0.4 is 11.6 Å². The molecule has 0 spiro atoms. The Morgan fingerprint density at radius 1 is 1.43 bits per heavy atom. The van der Waals surface area contributed by atoms with Gasteiger partial charge in [0.15, 0.2) is 0 Å². The molecular formula is C8H18IN5. The van der Waals surface area contributed by atoms with Crippen LogP contribution in [0.15, 0.2) is 5.10 Å². The van der Waals surface area contributed by atoms with Crippen molar-refractivity contribution >= 4 is 28.8 Å². The molecule has 1 aliphatic heterocycles. The Balaban J connectivity index is 2.08. The fraction of sp³-hybridized carbons (Fsp3) is 0.875. The molecule has 0 amide bonds. The first kappa shape index (κ1) is 11.8. The average molecular weight is 311 g/mol. The number of hydrogen-bond acceptors (Lipinski definition) is 3. The molecule has 0 aromatic carbocycles. The van der Waals surface area contributed by atoms with Crippen LogP contribution in [-0.2, 0) is 0 Å². The third-order valence-electron chi connectivity index (χ3n) is 2.41. The van der Waals surface area contributed by atoms with Gasteiger partial charge in [0, 0.05) is 6.54 Å². The number of rotatable bonds is 4. The standard InChI is InChI=1S/C8H18IN5/c9-14(8(10)12-11)7-3-6-13-4-1-2-5-13/h1-7,11H2,(H2,10,12). The molecule has 0 aromatic rings. The highest BCUT2D eigenvalue weighted by Gasteiger charge is 2.11. The monoisotopic (exact) mass is 311 g/mol. The van der Waals surface area contributed by atoms with Crippen molar-refractivity contribution in [2.24, 2.45) is 16.7 Å². The molecule has 0 radical (unpaired) electrons. The molecule has 1 saturated heterocycles. The van der Waals surface area contributed by atoms with E-state index >= 15 is 0 Å². The van der Waals surface area contributed by atoms with Crippen molar-refractivity contribution in [3.63, 3.8) is 0 Å². The first-order valence-corrected chi connectivity index (χ1v) is 5.89. The van der Waals surface area contributed by atoms with Crippen LogP contribution in [0.3, 0.4) is 0 Å². The van der Waals surface area contributed by atoms with Gasteiger partial charge in [-0.1, -0.05) is 0 Å². The summed E-state index contributed by atoms with van der Waals surface area (Å²) >= 11 is 2.13. The smallest absolute Gasteiger partial charge is 0.222 e. The minimum Gasteiger partial charge on any atom is -0.368 e. The van der Waals surface area contributed by atoms with Crippen LogP contribution in [0, 0.1) is 0 Å². The molecule has 1 heterocycles. The lowest BCUT2D eigenvalue weighted by Gasteiger charge is -2.18. The van der Waals surface area contributed by atoms with E-state index in [4.69, 9.17) is 11.6 Å². The normalized spacial score (nSPS) is 18.8. The molecular weight excluding hydrogens is 293 g/mol. The Labute approximate surface area is 99.0 Å². The van der Waals surface area contributed by atoms with Gasteiger partial charge in [-0.2, -0.15) is 0 Å². The number of guanidine groups is 1. The molecule has 0 saturated carbocycles. The van der Waals surface area contributed by atoms with E-state index in [1.54, 1.807) is 0 Å². The zero-order chi connectivity index (χ0) is 10.4. The minimum atomic E-state index is 0.395. The SMILES string of the molecule is N/N=C(\N)N(I)CCCN1CCCC1. The lowest BCUT2D eigenvalue weighted by atomic mass is 10.4. The van der Waals surface area contributed by atoms with Gasteiger partial charge < -0.3 is 16.5 Å². The molecule has 5 nitrogen and oxygen atoms in total. The second kappa shape index (κ2) is 6.28. The predicted molar refractivity (Wildman–Crippen MR) is 66.8 cm³/mol. The van der Waals surface area contributed by atoms with Crippen LogP contribution in [0.2, 0.25) is 0 Å². The van der Waals surface area contributed by atoms with Gasteiger partial charge in [0.1, 0.15) is 0 Å². The topological polar surface area (TPSA) is 70.9 Å². The number of hydrazone groups is 1. The van der Waals surface area contributed by atoms with Gasteiger partial charge in [-0.3, -0.25) is 3.11 Å². The summed E-state index contributed by atoms with van der Waals surface area (Å²) < 4.78 is 1.85. The van der Waals surface area contributed by atoms with Crippen LogP contribution in [0.4, 0.5) is 0 Å². The Morgan fingerprint density at radius 3 is 2.64 bits per heavy atom. The van der Waals surface area contributed by atoms with Crippen molar-refractivity contribution in [1.29, 1.82) is 0 Å². The highest BCUT2D eigenvalue weighted by Crippen LogP contribution is 2.08. The predicted octanol–water partition coefficient (Wildman–Crippen LogP) is 0.313. The lowest BCUT2D eigenvalue weighted by molar-refractivity contribution is 0.329. The van der Waals surface area contributed by atoms with E-state index in [9.17, 15) is 0 Å². The van der Waals surface area contributed by atoms with Crippen molar-refractivity contribution in [2.45, 2.75) is 19.3 Å². The summed E-state index contributed by atoms with van der Waals surface area (Å²) in [4.78, 5) is 2.49. The Bertz CT molecular complexity index is 190. The van der Waals surface area contributed by atoms with E-state index in [0.717, 1.165) is 19.5 Å². The molecule has 1 fully saturated rings. The molecule has 0 aliphatic carbocycles. The number of hydrogen-bond donors (Lipinski definition) is 2. The van der Waals surface area contributed by atoms with Gasteiger partial charge in [0.2, 0.25) is 5.96 Å². The molecule has 1 aliphatic rings. The zero-order valence-electron chi connectivity index (χ0n) is 8.32. The number of nitrogens with two attached hydrogens (primary N) is 2. The van der Waals surface area contributed by atoms with Gasteiger partial charge in [-0.25, -0.2) is 0 Å². The molecule has 0 unspecified atom stereocenters. The molecule has 4 N–H and O–H groups in total. The number of likely N-dealkylation sites (tertiary alicyclic amines) is 1. The first-order valence-electron chi connectivity index (χ1n) is 4.93. The Hall–Kier alpha value is -0.240. The van der Waals surface area contributed by atoms with E-state index in [1.165, 1.54) is 25.9 Å². The maximum absolute atomic E-state index is 5.54. The van der Waals surface area contributed by atoms with E-state index in [0.29, 0.717) is 5.96 Å². The second-order valence-corrected chi connectivity index (χ2v) is 4.64. The molecule has 82 valence electrons. The Morgan fingerprint density at radius 2 is 2.07 bits per heavy atom. The van der Waals surface area contributed by atoms with Gasteiger partial charge in [-0.15, -0.1) is 5.10 Å². The quantitative estimate of drug-likeness (QED) is 0.196. The van der Waals surface area contributed by atoms with Crippen molar-refractivity contribution in [1.82, 2.24) is 8.01 Å². The fourth-order valence-corrected chi connectivity index (χ4v) is 2.08. The van der Waals surface area contributed by atoms with Crippen LogP contribution in [0.5, 0.6) is 0 Å². The molecule has 6 heteroatoms. The maximum atomic E-state index is 5.54. The van der Waals surface area contributed by atoms with Crippen molar-refractivity contribution < 1.29 is 0 Å². The minimum absolute atomic E-state index is 0.395. The summed E-state index contributed by atoms with van der Waals surface area (Å²) in [6, 6.07) is 0. The summed E-state index contributed by atoms with van der Waals surface area (Å²) in [7, 11) is 0. The molecule has 0 atom stereocenters.